The number of anilines is 2. The minimum absolute atomic E-state index is 0.108. The molecule has 1 saturated heterocycles. The van der Waals surface area contributed by atoms with Gasteiger partial charge < -0.3 is 25.1 Å². The van der Waals surface area contributed by atoms with Crippen molar-refractivity contribution in [2.24, 2.45) is 0 Å². The van der Waals surface area contributed by atoms with Gasteiger partial charge in [0.2, 0.25) is 5.95 Å². The molecule has 0 radical (unpaired) electrons. The van der Waals surface area contributed by atoms with Gasteiger partial charge in [-0.25, -0.2) is 14.8 Å². The van der Waals surface area contributed by atoms with Gasteiger partial charge in [0.25, 0.3) is 0 Å². The zero-order valence-electron chi connectivity index (χ0n) is 16.1. The molecule has 1 fully saturated rings. The largest absolute Gasteiger partial charge is 0.458 e. The molecule has 2 amide bonds. The van der Waals surface area contributed by atoms with Crippen molar-refractivity contribution in [1.29, 1.82) is 0 Å². The second kappa shape index (κ2) is 7.89. The maximum absolute atomic E-state index is 13.7. The number of aromatic nitrogens is 2. The van der Waals surface area contributed by atoms with E-state index in [9.17, 15) is 23.1 Å². The Bertz CT molecular complexity index is 1110. The van der Waals surface area contributed by atoms with E-state index in [1.807, 2.05) is 5.32 Å². The third-order valence-corrected chi connectivity index (χ3v) is 5.08. The van der Waals surface area contributed by atoms with E-state index in [2.05, 4.69) is 15.3 Å². The maximum Gasteiger partial charge on any atom is 0.416 e. The van der Waals surface area contributed by atoms with E-state index in [1.54, 1.807) is 4.90 Å². The highest BCUT2D eigenvalue weighted by molar-refractivity contribution is 6.31. The standard InChI is InChI=1S/C19H17ClF3N5O3/c1-9-13-4-10(20)2-3-14(13)31-15(9)16(19(21,22)23)27-18(30)26-11-5-24-17(25-6-11)28-7-12(29)8-28/h2-6,12,16,29H,7-8H2,1H3,(H2,26,27,30)/t16-/m0/s1. The van der Waals surface area contributed by atoms with Crippen molar-refractivity contribution in [1.82, 2.24) is 15.3 Å². The molecule has 0 unspecified atom stereocenters. The van der Waals surface area contributed by atoms with E-state index in [-0.39, 0.29) is 16.8 Å². The number of amides is 2. The van der Waals surface area contributed by atoms with Gasteiger partial charge in [0.15, 0.2) is 6.04 Å². The number of alkyl halides is 3. The van der Waals surface area contributed by atoms with Crippen LogP contribution in [0.2, 0.25) is 5.02 Å². The number of hydrogen-bond donors (Lipinski definition) is 3. The van der Waals surface area contributed by atoms with Crippen molar-refractivity contribution in [3.05, 3.63) is 46.9 Å². The lowest BCUT2D eigenvalue weighted by Crippen LogP contribution is -2.51. The fourth-order valence-electron chi connectivity index (χ4n) is 3.25. The highest BCUT2D eigenvalue weighted by Crippen LogP contribution is 2.39. The number of furan rings is 1. The second-order valence-electron chi connectivity index (χ2n) is 7.14. The number of benzene rings is 1. The molecule has 1 aliphatic heterocycles. The Balaban J connectivity index is 1.51. The first kappa shape index (κ1) is 21.2. The number of urea groups is 1. The molecule has 164 valence electrons. The van der Waals surface area contributed by atoms with Gasteiger partial charge in [0.05, 0.1) is 24.2 Å². The highest BCUT2D eigenvalue weighted by atomic mass is 35.5. The van der Waals surface area contributed by atoms with Crippen LogP contribution in [0.5, 0.6) is 0 Å². The lowest BCUT2D eigenvalue weighted by atomic mass is 10.1. The van der Waals surface area contributed by atoms with Crippen molar-refractivity contribution in [2.45, 2.75) is 25.2 Å². The summed E-state index contributed by atoms with van der Waals surface area (Å²) in [6, 6.07) is 1.00. The van der Waals surface area contributed by atoms with E-state index in [1.165, 1.54) is 37.5 Å². The minimum Gasteiger partial charge on any atom is -0.458 e. The highest BCUT2D eigenvalue weighted by Gasteiger charge is 2.45. The Morgan fingerprint density at radius 1 is 1.32 bits per heavy atom. The van der Waals surface area contributed by atoms with Gasteiger partial charge in [-0.1, -0.05) is 11.6 Å². The Labute approximate surface area is 179 Å². The molecule has 31 heavy (non-hydrogen) atoms. The molecular formula is C19H17ClF3N5O3. The van der Waals surface area contributed by atoms with Gasteiger partial charge >= 0.3 is 12.2 Å². The molecule has 3 aromatic rings. The van der Waals surface area contributed by atoms with Crippen molar-refractivity contribution in [2.75, 3.05) is 23.3 Å². The van der Waals surface area contributed by atoms with Crippen LogP contribution in [0.25, 0.3) is 11.0 Å². The van der Waals surface area contributed by atoms with Crippen LogP contribution < -0.4 is 15.5 Å². The molecular weight excluding hydrogens is 439 g/mol. The van der Waals surface area contributed by atoms with Crippen molar-refractivity contribution in [3.63, 3.8) is 0 Å². The number of nitrogens with one attached hydrogen (secondary N) is 2. The van der Waals surface area contributed by atoms with Crippen LogP contribution in [-0.4, -0.2) is 46.5 Å². The number of aliphatic hydroxyl groups is 1. The minimum atomic E-state index is -4.81. The van der Waals surface area contributed by atoms with Crippen molar-refractivity contribution >= 4 is 40.2 Å². The van der Waals surface area contributed by atoms with Crippen molar-refractivity contribution in [3.8, 4) is 0 Å². The summed E-state index contributed by atoms with van der Waals surface area (Å²) < 4.78 is 46.6. The molecule has 1 aromatic carbocycles. The second-order valence-corrected chi connectivity index (χ2v) is 7.57. The Hall–Kier alpha value is -3.05. The van der Waals surface area contributed by atoms with Crippen LogP contribution in [0, 0.1) is 6.92 Å². The number of halogens is 4. The molecule has 2 aromatic heterocycles. The normalized spacial score (nSPS) is 15.6. The van der Waals surface area contributed by atoms with Crippen LogP contribution >= 0.6 is 11.6 Å². The van der Waals surface area contributed by atoms with Crippen LogP contribution in [-0.2, 0) is 0 Å². The molecule has 3 N–H and O–H groups in total. The van der Waals surface area contributed by atoms with Crippen molar-refractivity contribution < 1.29 is 27.5 Å². The average molecular weight is 456 g/mol. The van der Waals surface area contributed by atoms with Crippen LogP contribution in [0.1, 0.15) is 17.4 Å². The Morgan fingerprint density at radius 2 is 2.00 bits per heavy atom. The summed E-state index contributed by atoms with van der Waals surface area (Å²) in [5.74, 6) is -0.0798. The SMILES string of the molecule is Cc1c([C@H](NC(=O)Nc2cnc(N3CC(O)C3)nc2)C(F)(F)F)oc2ccc(Cl)cc12. The molecule has 8 nitrogen and oxygen atoms in total. The quantitative estimate of drug-likeness (QED) is 0.553. The predicted octanol–water partition coefficient (Wildman–Crippen LogP) is 3.79. The fourth-order valence-corrected chi connectivity index (χ4v) is 3.42. The van der Waals surface area contributed by atoms with E-state index in [0.29, 0.717) is 29.4 Å². The number of hydrogen-bond acceptors (Lipinski definition) is 6. The summed E-state index contributed by atoms with van der Waals surface area (Å²) in [5.41, 5.74) is 0.564. The fraction of sp³-hybridized carbons (Fsp3) is 0.316. The molecule has 0 saturated carbocycles. The Kier molecular flexibility index (Phi) is 5.40. The molecule has 0 aliphatic carbocycles. The molecule has 4 rings (SSSR count). The first-order valence-electron chi connectivity index (χ1n) is 9.19. The summed E-state index contributed by atoms with van der Waals surface area (Å²) >= 11 is 5.92. The monoisotopic (exact) mass is 455 g/mol. The summed E-state index contributed by atoms with van der Waals surface area (Å²) in [5, 5.41) is 14.3. The smallest absolute Gasteiger partial charge is 0.416 e. The molecule has 1 aliphatic rings. The first-order chi connectivity index (χ1) is 14.6. The van der Waals surface area contributed by atoms with Gasteiger partial charge in [-0.3, -0.25) is 0 Å². The number of aryl methyl sites for hydroxylation is 1. The van der Waals surface area contributed by atoms with Crippen LogP contribution in [0.15, 0.2) is 35.0 Å². The first-order valence-corrected chi connectivity index (χ1v) is 9.57. The predicted molar refractivity (Wildman–Crippen MR) is 107 cm³/mol. The number of carbonyl (C=O) groups is 1. The lowest BCUT2D eigenvalue weighted by molar-refractivity contribution is -0.158. The zero-order valence-corrected chi connectivity index (χ0v) is 16.8. The number of rotatable bonds is 4. The van der Waals surface area contributed by atoms with E-state index in [0.717, 1.165) is 0 Å². The summed E-state index contributed by atoms with van der Waals surface area (Å²) in [6.45, 7) is 2.25. The Morgan fingerprint density at radius 3 is 2.61 bits per heavy atom. The lowest BCUT2D eigenvalue weighted by Gasteiger charge is -2.35. The van der Waals surface area contributed by atoms with Gasteiger partial charge in [0, 0.05) is 29.1 Å². The topological polar surface area (TPSA) is 104 Å². The molecule has 0 bridgehead atoms. The number of β-amino-alcohol motifs (C(OH)–C–C–N with tert-alkyl or cyclic N) is 1. The third-order valence-electron chi connectivity index (χ3n) is 4.84. The van der Waals surface area contributed by atoms with Gasteiger partial charge in [-0.2, -0.15) is 13.2 Å². The maximum atomic E-state index is 13.7. The molecule has 3 heterocycles. The summed E-state index contributed by atoms with van der Waals surface area (Å²) in [7, 11) is 0. The molecule has 0 spiro atoms. The van der Waals surface area contributed by atoms with E-state index in [4.69, 9.17) is 16.0 Å². The summed E-state index contributed by atoms with van der Waals surface area (Å²) in [6.07, 6.45) is -2.71. The molecule has 1 atom stereocenters. The van der Waals surface area contributed by atoms with Gasteiger partial charge in [-0.15, -0.1) is 0 Å². The van der Waals surface area contributed by atoms with E-state index >= 15 is 0 Å². The van der Waals surface area contributed by atoms with Crippen LogP contribution in [0.4, 0.5) is 29.6 Å². The number of nitrogens with zero attached hydrogens (tertiary/aromatic N) is 3. The van der Waals surface area contributed by atoms with Gasteiger partial charge in [-0.05, 0) is 25.1 Å². The average Bonchev–Trinajstić information content (AvgIpc) is 2.99. The third kappa shape index (κ3) is 4.37. The number of carbonyl (C=O) groups excluding carboxylic acids is 1. The number of fused-ring (bicyclic) bond motifs is 1. The van der Waals surface area contributed by atoms with E-state index < -0.39 is 30.1 Å². The summed E-state index contributed by atoms with van der Waals surface area (Å²) in [4.78, 5) is 22.0. The van der Waals surface area contributed by atoms with Crippen LogP contribution in [0.3, 0.4) is 0 Å². The number of aliphatic hydroxyl groups excluding tert-OH is 1. The van der Waals surface area contributed by atoms with Gasteiger partial charge in [0.1, 0.15) is 11.3 Å². The molecule has 12 heteroatoms. The zero-order chi connectivity index (χ0) is 22.3.